The van der Waals surface area contributed by atoms with E-state index in [2.05, 4.69) is 16.3 Å². The van der Waals surface area contributed by atoms with Gasteiger partial charge >= 0.3 is 0 Å². The molecule has 0 spiro atoms. The molecule has 0 radical (unpaired) electrons. The molecule has 1 aliphatic heterocycles. The lowest BCUT2D eigenvalue weighted by Crippen LogP contribution is -2.31. The fourth-order valence-corrected chi connectivity index (χ4v) is 3.41. The van der Waals surface area contributed by atoms with Crippen LogP contribution in [-0.2, 0) is 6.42 Å². The third-order valence-corrected chi connectivity index (χ3v) is 4.44. The SMILES string of the molecule is CCc1[nH]nc2c1C(c1c(Cl)cccc1Cl)C(C#N)C(=N)O2. The standard InChI is InChI=1S/C15H12Cl2N4O/c1-2-10-13-11(12-8(16)4-3-5-9(12)17)7(6-18)14(19)22-15(13)21-20-10/h3-5,7,11,19H,2H2,1H3,(H,20,21). The Morgan fingerprint density at radius 2 is 2.05 bits per heavy atom. The Kier molecular flexibility index (Phi) is 3.81. The van der Waals surface area contributed by atoms with Crippen molar-refractivity contribution in [3.63, 3.8) is 0 Å². The molecule has 2 aromatic rings. The van der Waals surface area contributed by atoms with E-state index in [0.717, 1.165) is 11.3 Å². The van der Waals surface area contributed by atoms with E-state index < -0.39 is 11.8 Å². The van der Waals surface area contributed by atoms with Crippen molar-refractivity contribution in [3.8, 4) is 11.9 Å². The van der Waals surface area contributed by atoms with E-state index in [1.165, 1.54) is 0 Å². The Morgan fingerprint density at radius 1 is 1.36 bits per heavy atom. The van der Waals surface area contributed by atoms with Crippen molar-refractivity contribution in [2.24, 2.45) is 5.92 Å². The summed E-state index contributed by atoms with van der Waals surface area (Å²) in [5.41, 5.74) is 2.23. The highest BCUT2D eigenvalue weighted by molar-refractivity contribution is 6.36. The minimum absolute atomic E-state index is 0.148. The summed E-state index contributed by atoms with van der Waals surface area (Å²) in [5.74, 6) is -1.11. The van der Waals surface area contributed by atoms with Gasteiger partial charge in [0.2, 0.25) is 11.8 Å². The molecule has 0 amide bonds. The molecule has 2 atom stereocenters. The van der Waals surface area contributed by atoms with Gasteiger partial charge in [-0.25, -0.2) is 0 Å². The first kappa shape index (κ1) is 14.9. The number of aromatic nitrogens is 2. The topological polar surface area (TPSA) is 85.5 Å². The summed E-state index contributed by atoms with van der Waals surface area (Å²) in [5, 5.41) is 25.4. The maximum atomic E-state index is 9.51. The fourth-order valence-electron chi connectivity index (χ4n) is 2.77. The number of H-pyrrole nitrogens is 1. The Hall–Kier alpha value is -2.03. The summed E-state index contributed by atoms with van der Waals surface area (Å²) in [7, 11) is 0. The molecule has 2 N–H and O–H groups in total. The van der Waals surface area contributed by atoms with Crippen LogP contribution < -0.4 is 4.74 Å². The third kappa shape index (κ3) is 2.16. The van der Waals surface area contributed by atoms with Crippen molar-refractivity contribution >= 4 is 29.1 Å². The van der Waals surface area contributed by atoms with E-state index in [-0.39, 0.29) is 5.90 Å². The van der Waals surface area contributed by atoms with E-state index in [4.69, 9.17) is 33.3 Å². The number of benzene rings is 1. The summed E-state index contributed by atoms with van der Waals surface area (Å²) < 4.78 is 5.38. The number of nitrogens with zero attached hydrogens (tertiary/aromatic N) is 2. The highest BCUT2D eigenvalue weighted by atomic mass is 35.5. The van der Waals surface area contributed by atoms with Gasteiger partial charge in [0, 0.05) is 27.2 Å². The van der Waals surface area contributed by atoms with Crippen LogP contribution in [-0.4, -0.2) is 16.1 Å². The summed E-state index contributed by atoms with van der Waals surface area (Å²) in [4.78, 5) is 0. The van der Waals surface area contributed by atoms with Crippen LogP contribution >= 0.6 is 23.2 Å². The molecule has 1 aromatic heterocycles. The van der Waals surface area contributed by atoms with Crippen LogP contribution in [0.1, 0.15) is 29.7 Å². The number of nitrogens with one attached hydrogen (secondary N) is 2. The molecule has 1 aliphatic rings. The van der Waals surface area contributed by atoms with Crippen molar-refractivity contribution in [1.82, 2.24) is 10.2 Å². The molecule has 5 nitrogen and oxygen atoms in total. The molecule has 0 bridgehead atoms. The zero-order chi connectivity index (χ0) is 15.9. The van der Waals surface area contributed by atoms with Gasteiger partial charge in [-0.2, -0.15) is 5.26 Å². The molecule has 2 heterocycles. The zero-order valence-corrected chi connectivity index (χ0v) is 13.2. The van der Waals surface area contributed by atoms with Crippen LogP contribution in [0.4, 0.5) is 0 Å². The number of hydrogen-bond acceptors (Lipinski definition) is 4. The van der Waals surface area contributed by atoms with Crippen LogP contribution in [0.25, 0.3) is 0 Å². The molecule has 22 heavy (non-hydrogen) atoms. The second kappa shape index (κ2) is 5.64. The minimum Gasteiger partial charge on any atom is -0.422 e. The largest absolute Gasteiger partial charge is 0.422 e. The van der Waals surface area contributed by atoms with Crippen LogP contribution in [0.5, 0.6) is 5.88 Å². The van der Waals surface area contributed by atoms with E-state index >= 15 is 0 Å². The van der Waals surface area contributed by atoms with Gasteiger partial charge in [0.05, 0.1) is 6.07 Å². The number of aryl methyl sites for hydroxylation is 1. The number of aromatic amines is 1. The van der Waals surface area contributed by atoms with Crippen molar-refractivity contribution < 1.29 is 4.74 Å². The third-order valence-electron chi connectivity index (χ3n) is 3.78. The Bertz CT molecular complexity index is 773. The Morgan fingerprint density at radius 3 is 2.64 bits per heavy atom. The molecule has 0 saturated heterocycles. The molecule has 0 aliphatic carbocycles. The van der Waals surface area contributed by atoms with E-state index in [1.807, 2.05) is 6.92 Å². The lowest BCUT2D eigenvalue weighted by molar-refractivity contribution is 0.436. The minimum atomic E-state index is -0.798. The van der Waals surface area contributed by atoms with Gasteiger partial charge in [0.1, 0.15) is 5.92 Å². The first-order valence-electron chi connectivity index (χ1n) is 6.75. The first-order valence-corrected chi connectivity index (χ1v) is 7.51. The van der Waals surface area contributed by atoms with E-state index in [1.54, 1.807) is 18.2 Å². The average Bonchev–Trinajstić information content (AvgIpc) is 2.89. The number of halogens is 2. The quantitative estimate of drug-likeness (QED) is 0.872. The number of fused-ring (bicyclic) bond motifs is 1. The first-order chi connectivity index (χ1) is 10.6. The highest BCUT2D eigenvalue weighted by Crippen LogP contribution is 2.47. The molecule has 7 heteroatoms. The van der Waals surface area contributed by atoms with Crippen molar-refractivity contribution in [1.29, 1.82) is 10.7 Å². The van der Waals surface area contributed by atoms with Crippen LogP contribution in [0, 0.1) is 22.7 Å². The molecule has 3 rings (SSSR count). The average molecular weight is 335 g/mol. The number of nitriles is 1. The number of hydrogen-bond donors (Lipinski definition) is 2. The van der Waals surface area contributed by atoms with E-state index in [0.29, 0.717) is 27.9 Å². The summed E-state index contributed by atoms with van der Waals surface area (Å²) in [6.07, 6.45) is 0.690. The van der Waals surface area contributed by atoms with Gasteiger partial charge in [-0.3, -0.25) is 10.5 Å². The van der Waals surface area contributed by atoms with E-state index in [9.17, 15) is 5.26 Å². The van der Waals surface area contributed by atoms with Gasteiger partial charge in [-0.1, -0.05) is 36.2 Å². The van der Waals surface area contributed by atoms with Gasteiger partial charge in [-0.15, -0.1) is 5.10 Å². The summed E-state index contributed by atoms with van der Waals surface area (Å²) in [6.45, 7) is 1.97. The lowest BCUT2D eigenvalue weighted by atomic mass is 9.79. The second-order valence-corrected chi connectivity index (χ2v) is 5.78. The van der Waals surface area contributed by atoms with Gasteiger partial charge in [0.15, 0.2) is 0 Å². The highest BCUT2D eigenvalue weighted by Gasteiger charge is 2.41. The summed E-state index contributed by atoms with van der Waals surface area (Å²) >= 11 is 12.7. The van der Waals surface area contributed by atoms with Crippen LogP contribution in [0.2, 0.25) is 10.0 Å². The van der Waals surface area contributed by atoms with Gasteiger partial charge < -0.3 is 4.74 Å². The maximum absolute atomic E-state index is 9.51. The van der Waals surface area contributed by atoms with Crippen molar-refractivity contribution in [2.45, 2.75) is 19.3 Å². The van der Waals surface area contributed by atoms with Crippen LogP contribution in [0.15, 0.2) is 18.2 Å². The molecule has 0 fully saturated rings. The van der Waals surface area contributed by atoms with Gasteiger partial charge in [0.25, 0.3) is 0 Å². The second-order valence-electron chi connectivity index (χ2n) is 4.96. The molecular weight excluding hydrogens is 323 g/mol. The molecule has 112 valence electrons. The van der Waals surface area contributed by atoms with Crippen molar-refractivity contribution in [2.75, 3.05) is 0 Å². The Labute approximate surface area is 137 Å². The molecule has 0 saturated carbocycles. The molecule has 2 unspecified atom stereocenters. The smallest absolute Gasteiger partial charge is 0.243 e. The fraction of sp³-hybridized carbons (Fsp3) is 0.267. The molecule has 1 aromatic carbocycles. The Balaban J connectivity index is 2.30. The predicted octanol–water partition coefficient (Wildman–Crippen LogP) is 3.92. The number of ether oxygens (including phenoxy) is 1. The van der Waals surface area contributed by atoms with Gasteiger partial charge in [-0.05, 0) is 24.1 Å². The zero-order valence-electron chi connectivity index (χ0n) is 11.7. The molecular formula is C15H12Cl2N4O. The lowest BCUT2D eigenvalue weighted by Gasteiger charge is -2.29. The van der Waals surface area contributed by atoms with Crippen LogP contribution in [0.3, 0.4) is 0 Å². The maximum Gasteiger partial charge on any atom is 0.243 e. The van der Waals surface area contributed by atoms with Crippen molar-refractivity contribution in [3.05, 3.63) is 45.1 Å². The normalized spacial score (nSPS) is 20.2. The summed E-state index contributed by atoms with van der Waals surface area (Å²) in [6, 6.07) is 7.33. The number of rotatable bonds is 2. The predicted molar refractivity (Wildman–Crippen MR) is 83.7 cm³/mol. The monoisotopic (exact) mass is 334 g/mol.